The molecular weight excluding hydrogens is 264 g/mol. The van der Waals surface area contributed by atoms with Crippen LogP contribution in [0.25, 0.3) is 10.9 Å². The fourth-order valence-corrected chi connectivity index (χ4v) is 3.70. The fourth-order valence-electron chi connectivity index (χ4n) is 3.70. The first kappa shape index (κ1) is 10.0. The number of benzene rings is 1. The molecular formula is C17H20N2O2. The van der Waals surface area contributed by atoms with E-state index in [1.54, 1.807) is 6.07 Å². The van der Waals surface area contributed by atoms with E-state index in [9.17, 15) is 4.79 Å². The molecule has 2 unspecified atom stereocenters. The molecule has 2 saturated heterocycles. The zero-order valence-corrected chi connectivity index (χ0v) is 12.0. The Kier molecular flexibility index (Phi) is 2.33. The quantitative estimate of drug-likeness (QED) is 0.864. The molecule has 3 heterocycles. The van der Waals surface area contributed by atoms with Gasteiger partial charge < -0.3 is 14.6 Å². The summed E-state index contributed by atoms with van der Waals surface area (Å²) in [7, 11) is 2.13. The average molecular weight is 287 g/mol. The molecule has 2 aliphatic rings. The molecule has 0 amide bonds. The second-order valence-corrected chi connectivity index (χ2v) is 6.07. The molecule has 1 N–H and O–H groups in total. The maximum atomic E-state index is 12.7. The van der Waals surface area contributed by atoms with Gasteiger partial charge in [0.25, 0.3) is 0 Å². The number of carbonyl (C=O) groups excluding carboxylic acids is 1. The Labute approximate surface area is 128 Å². The zero-order chi connectivity index (χ0) is 17.0. The van der Waals surface area contributed by atoms with Crippen LogP contribution in [-0.4, -0.2) is 41.1 Å². The summed E-state index contributed by atoms with van der Waals surface area (Å²) in [6.45, 7) is 0. The maximum Gasteiger partial charge on any atom is 0.340 e. The van der Waals surface area contributed by atoms with Crippen LogP contribution in [0.5, 0.6) is 0 Å². The summed E-state index contributed by atoms with van der Waals surface area (Å²) in [6, 6.07) is 4.04. The molecule has 2 aliphatic heterocycles. The van der Waals surface area contributed by atoms with Crippen molar-refractivity contribution in [2.45, 2.75) is 43.9 Å². The van der Waals surface area contributed by atoms with Gasteiger partial charge in [-0.25, -0.2) is 4.79 Å². The third-order valence-corrected chi connectivity index (χ3v) is 4.90. The molecule has 4 heteroatoms. The lowest BCUT2D eigenvalue weighted by Gasteiger charge is -2.35. The minimum Gasteiger partial charge on any atom is -0.459 e. The molecule has 0 saturated carbocycles. The highest BCUT2D eigenvalue weighted by Crippen LogP contribution is 2.35. The normalized spacial score (nSPS) is 30.9. The van der Waals surface area contributed by atoms with Crippen molar-refractivity contribution in [3.8, 4) is 0 Å². The number of H-pyrrole nitrogens is 1. The van der Waals surface area contributed by atoms with Crippen LogP contribution >= 0.6 is 0 Å². The van der Waals surface area contributed by atoms with Crippen molar-refractivity contribution in [3.63, 3.8) is 0 Å². The van der Waals surface area contributed by atoms with Crippen molar-refractivity contribution in [3.05, 3.63) is 36.0 Å². The van der Waals surface area contributed by atoms with Gasteiger partial charge in [0.1, 0.15) is 6.10 Å². The van der Waals surface area contributed by atoms with E-state index in [2.05, 4.69) is 16.9 Å². The number of fused-ring (bicyclic) bond motifs is 3. The van der Waals surface area contributed by atoms with Crippen LogP contribution in [0.1, 0.15) is 40.2 Å². The Morgan fingerprint density at radius 1 is 1.43 bits per heavy atom. The van der Waals surface area contributed by atoms with Crippen LogP contribution in [0.4, 0.5) is 0 Å². The standard InChI is InChI=1S/C17H20N2O2/c1-19-11-6-7-12(19)9-13(8-11)21-17(20)15-10-18-16-5-3-2-4-14(15)16/h2-5,10-13,18H,6-9H2,1H3/i2D,4D,10D. The molecule has 0 radical (unpaired) electrons. The number of nitrogens with zero attached hydrogens (tertiary/aromatic N) is 1. The van der Waals surface area contributed by atoms with Gasteiger partial charge in [0.05, 0.1) is 9.68 Å². The van der Waals surface area contributed by atoms with Crippen molar-refractivity contribution in [1.29, 1.82) is 0 Å². The lowest BCUT2D eigenvalue weighted by Crippen LogP contribution is -2.43. The van der Waals surface area contributed by atoms with Crippen LogP contribution in [0.3, 0.4) is 0 Å². The number of nitrogens with one attached hydrogen (secondary N) is 1. The van der Waals surface area contributed by atoms with Gasteiger partial charge in [-0.15, -0.1) is 0 Å². The number of aromatic nitrogens is 1. The highest BCUT2D eigenvalue weighted by Gasteiger charge is 2.40. The smallest absolute Gasteiger partial charge is 0.340 e. The Balaban J connectivity index is 1.62. The molecule has 1 aromatic heterocycles. The van der Waals surface area contributed by atoms with Crippen molar-refractivity contribution in [1.82, 2.24) is 9.88 Å². The van der Waals surface area contributed by atoms with Gasteiger partial charge in [-0.05, 0) is 26.0 Å². The predicted octanol–water partition coefficient (Wildman–Crippen LogP) is 2.95. The number of hydrogen-bond acceptors (Lipinski definition) is 3. The first-order chi connectivity index (χ1) is 11.5. The predicted molar refractivity (Wildman–Crippen MR) is 81.3 cm³/mol. The molecule has 2 aromatic rings. The number of piperidine rings is 1. The summed E-state index contributed by atoms with van der Waals surface area (Å²) in [4.78, 5) is 17.8. The molecule has 110 valence electrons. The van der Waals surface area contributed by atoms with E-state index in [1.165, 1.54) is 6.07 Å². The Hall–Kier alpha value is -1.81. The summed E-state index contributed by atoms with van der Waals surface area (Å²) < 4.78 is 29.5. The van der Waals surface area contributed by atoms with Crippen molar-refractivity contribution in [2.24, 2.45) is 0 Å². The minimum absolute atomic E-state index is 0.0351. The van der Waals surface area contributed by atoms with E-state index in [1.807, 2.05) is 0 Å². The van der Waals surface area contributed by atoms with Crippen LogP contribution in [-0.2, 0) is 4.74 Å². The number of carbonyl (C=O) groups is 1. The van der Waals surface area contributed by atoms with E-state index in [-0.39, 0.29) is 29.9 Å². The van der Waals surface area contributed by atoms with Crippen LogP contribution in [0.15, 0.2) is 30.4 Å². The van der Waals surface area contributed by atoms with Crippen molar-refractivity contribution >= 4 is 16.9 Å². The average Bonchev–Trinajstić information content (AvgIpc) is 2.95. The van der Waals surface area contributed by atoms with Crippen molar-refractivity contribution in [2.75, 3.05) is 7.05 Å². The van der Waals surface area contributed by atoms with Crippen LogP contribution in [0.2, 0.25) is 0 Å². The minimum atomic E-state index is -0.556. The van der Waals surface area contributed by atoms with E-state index in [4.69, 9.17) is 8.85 Å². The highest BCUT2D eigenvalue weighted by molar-refractivity contribution is 6.04. The molecule has 0 aliphatic carbocycles. The Morgan fingerprint density at radius 3 is 2.95 bits per heavy atom. The summed E-state index contributed by atoms with van der Waals surface area (Å²) in [5, 5.41) is 0.313. The summed E-state index contributed by atoms with van der Waals surface area (Å²) in [6.07, 6.45) is 3.75. The molecule has 21 heavy (non-hydrogen) atoms. The van der Waals surface area contributed by atoms with Gasteiger partial charge >= 0.3 is 5.97 Å². The molecule has 2 atom stereocenters. The zero-order valence-electron chi connectivity index (χ0n) is 15.0. The highest BCUT2D eigenvalue weighted by atomic mass is 16.5. The number of ether oxygens (including phenoxy) is 1. The second kappa shape index (κ2) is 4.88. The van der Waals surface area contributed by atoms with Gasteiger partial charge in [0.2, 0.25) is 0 Å². The van der Waals surface area contributed by atoms with E-state index < -0.39 is 5.97 Å². The first-order valence-corrected chi connectivity index (χ1v) is 7.47. The third kappa shape index (κ3) is 2.14. The Morgan fingerprint density at radius 2 is 2.19 bits per heavy atom. The van der Waals surface area contributed by atoms with Crippen LogP contribution in [0, 0.1) is 0 Å². The van der Waals surface area contributed by atoms with Crippen molar-refractivity contribution < 1.29 is 13.6 Å². The molecule has 4 rings (SSSR count). The van der Waals surface area contributed by atoms with Crippen LogP contribution < -0.4 is 0 Å². The van der Waals surface area contributed by atoms with E-state index in [0.29, 0.717) is 23.0 Å². The first-order valence-electron chi connectivity index (χ1n) is 8.97. The van der Waals surface area contributed by atoms with E-state index >= 15 is 0 Å². The van der Waals surface area contributed by atoms with E-state index in [0.717, 1.165) is 25.7 Å². The lowest BCUT2D eigenvalue weighted by atomic mass is 10.0. The Bertz CT molecular complexity index is 806. The van der Waals surface area contributed by atoms with Gasteiger partial charge in [0, 0.05) is 42.0 Å². The number of hydrogen-bond donors (Lipinski definition) is 1. The molecule has 1 aromatic carbocycles. The molecule has 2 fully saturated rings. The number of rotatable bonds is 2. The summed E-state index contributed by atoms with van der Waals surface area (Å²) in [5.41, 5.74) is 0.603. The third-order valence-electron chi connectivity index (χ3n) is 4.90. The molecule has 2 bridgehead atoms. The van der Waals surface area contributed by atoms with Gasteiger partial charge in [-0.3, -0.25) is 0 Å². The number of esters is 1. The second-order valence-electron chi connectivity index (χ2n) is 6.07. The monoisotopic (exact) mass is 287 g/mol. The fraction of sp³-hybridized carbons (Fsp3) is 0.471. The number of aromatic amines is 1. The maximum absolute atomic E-state index is 12.7. The van der Waals surface area contributed by atoms with Gasteiger partial charge in [-0.1, -0.05) is 18.2 Å². The number of para-hydroxylation sites is 1. The topological polar surface area (TPSA) is 45.3 Å². The lowest BCUT2D eigenvalue weighted by molar-refractivity contribution is -0.000258. The SMILES string of the molecule is [2H]c1ccc2[nH]c([2H])c(C(=O)OC3CC4CCC(C3)N4C)c2c1[2H]. The summed E-state index contributed by atoms with van der Waals surface area (Å²) in [5.74, 6) is -0.556. The molecule has 0 spiro atoms. The summed E-state index contributed by atoms with van der Waals surface area (Å²) >= 11 is 0. The largest absolute Gasteiger partial charge is 0.459 e. The molecule has 4 nitrogen and oxygen atoms in total. The van der Waals surface area contributed by atoms with Gasteiger partial charge in [0.15, 0.2) is 0 Å². The van der Waals surface area contributed by atoms with Gasteiger partial charge in [-0.2, -0.15) is 0 Å².